The fraction of sp³-hybridized carbons (Fsp3) is 0.231. The lowest BCUT2D eigenvalue weighted by Gasteiger charge is -2.11. The van der Waals surface area contributed by atoms with Crippen LogP contribution in [0.3, 0.4) is 0 Å². The minimum Gasteiger partial charge on any atom is -0.497 e. The Hall–Kier alpha value is -2.10. The third-order valence-corrected chi connectivity index (χ3v) is 2.41. The van der Waals surface area contributed by atoms with Gasteiger partial charge in [-0.3, -0.25) is 0 Å². The van der Waals surface area contributed by atoms with E-state index < -0.39 is 0 Å². The molecule has 17 heavy (non-hydrogen) atoms. The first-order valence-electron chi connectivity index (χ1n) is 5.18. The second-order valence-electron chi connectivity index (χ2n) is 3.48. The average molecular weight is 232 g/mol. The van der Waals surface area contributed by atoms with Gasteiger partial charge in [-0.15, -0.1) is 0 Å². The lowest BCUT2D eigenvalue weighted by atomic mass is 10.3. The van der Waals surface area contributed by atoms with E-state index in [0.29, 0.717) is 17.4 Å². The van der Waals surface area contributed by atoms with Crippen molar-refractivity contribution in [3.8, 4) is 23.1 Å². The van der Waals surface area contributed by atoms with Gasteiger partial charge < -0.3 is 18.8 Å². The monoisotopic (exact) mass is 232 g/mol. The summed E-state index contributed by atoms with van der Waals surface area (Å²) in [6.45, 7) is 0. The molecule has 1 aromatic heterocycles. The maximum atomic E-state index is 5.74. The number of rotatable bonds is 4. The predicted octanol–water partition coefficient (Wildman–Crippen LogP) is 2.63. The van der Waals surface area contributed by atoms with E-state index >= 15 is 0 Å². The smallest absolute Gasteiger partial charge is 0.200 e. The lowest BCUT2D eigenvalue weighted by Crippen LogP contribution is -1.95. The highest BCUT2D eigenvalue weighted by atomic mass is 16.5. The van der Waals surface area contributed by atoms with Crippen LogP contribution in [0.25, 0.3) is 0 Å². The van der Waals surface area contributed by atoms with Crippen LogP contribution in [-0.4, -0.2) is 18.8 Å². The van der Waals surface area contributed by atoms with Crippen LogP contribution in [0.4, 0.5) is 0 Å². The molecule has 0 amide bonds. The van der Waals surface area contributed by atoms with E-state index in [4.69, 9.17) is 14.2 Å². The molecule has 2 aromatic rings. The van der Waals surface area contributed by atoms with Crippen molar-refractivity contribution in [3.05, 3.63) is 36.5 Å². The Morgan fingerprint density at radius 2 is 1.88 bits per heavy atom. The molecule has 0 saturated heterocycles. The first-order chi connectivity index (χ1) is 8.24. The van der Waals surface area contributed by atoms with E-state index in [1.807, 2.05) is 19.2 Å². The summed E-state index contributed by atoms with van der Waals surface area (Å²) in [6.07, 6.45) is 2.97. The van der Waals surface area contributed by atoms with Gasteiger partial charge >= 0.3 is 0 Å². The van der Waals surface area contributed by atoms with Crippen LogP contribution >= 0.6 is 0 Å². The van der Waals surface area contributed by atoms with E-state index in [-0.39, 0.29) is 0 Å². The van der Waals surface area contributed by atoms with E-state index in [1.54, 1.807) is 37.0 Å². The second kappa shape index (κ2) is 4.82. The minimum absolute atomic E-state index is 0.613. The van der Waals surface area contributed by atoms with Crippen LogP contribution in [0.15, 0.2) is 30.3 Å². The summed E-state index contributed by atoms with van der Waals surface area (Å²) in [5, 5.41) is 0. The molecule has 1 aromatic carbocycles. The number of aromatic nitrogens is 1. The van der Waals surface area contributed by atoms with Gasteiger partial charge in [-0.1, -0.05) is 0 Å². The first kappa shape index (κ1) is 11.4. The normalized spacial score (nSPS) is 10.1. The maximum absolute atomic E-state index is 5.74. The third kappa shape index (κ3) is 2.36. The van der Waals surface area contributed by atoms with E-state index in [1.165, 1.54) is 0 Å². The fourth-order valence-electron chi connectivity index (χ4n) is 1.47. The molecule has 0 unspecified atom stereocenters. The highest BCUT2D eigenvalue weighted by Crippen LogP contribution is 2.34. The van der Waals surface area contributed by atoms with E-state index in [0.717, 1.165) is 5.75 Å². The van der Waals surface area contributed by atoms with Crippen molar-refractivity contribution in [2.45, 2.75) is 0 Å². The van der Waals surface area contributed by atoms with Gasteiger partial charge in [0.15, 0.2) is 11.5 Å². The zero-order valence-electron chi connectivity index (χ0n) is 10.1. The molecular formula is C13H14NO3. The molecular weight excluding hydrogens is 218 g/mol. The van der Waals surface area contributed by atoms with Crippen molar-refractivity contribution < 1.29 is 14.2 Å². The quantitative estimate of drug-likeness (QED) is 0.812. The predicted molar refractivity (Wildman–Crippen MR) is 63.9 cm³/mol. The van der Waals surface area contributed by atoms with E-state index in [2.05, 4.69) is 6.20 Å². The van der Waals surface area contributed by atoms with Crippen molar-refractivity contribution in [1.29, 1.82) is 0 Å². The largest absolute Gasteiger partial charge is 0.497 e. The number of ether oxygens (including phenoxy) is 3. The Morgan fingerprint density at radius 1 is 1.06 bits per heavy atom. The Kier molecular flexibility index (Phi) is 3.23. The lowest BCUT2D eigenvalue weighted by molar-refractivity contribution is 0.362. The van der Waals surface area contributed by atoms with Gasteiger partial charge in [0.1, 0.15) is 5.75 Å². The standard InChI is InChI=1S/C13H14NO3/c1-14-8-4-5-13(14)17-12-9-10(15-2)6-7-11(12)16-3/h4-7,9H,1-3H3. The Labute approximate surface area is 100 Å². The van der Waals surface area contributed by atoms with Crippen LogP contribution in [0, 0.1) is 6.20 Å². The zero-order valence-corrected chi connectivity index (χ0v) is 10.1. The molecule has 0 fully saturated rings. The van der Waals surface area contributed by atoms with Gasteiger partial charge in [0.05, 0.1) is 20.4 Å². The number of nitrogens with zero attached hydrogens (tertiary/aromatic N) is 1. The van der Waals surface area contributed by atoms with Gasteiger partial charge in [-0.05, 0) is 18.2 Å². The Bertz CT molecular complexity index is 505. The average Bonchev–Trinajstić information content (AvgIpc) is 2.75. The molecule has 4 nitrogen and oxygen atoms in total. The highest BCUT2D eigenvalue weighted by molar-refractivity contribution is 5.47. The van der Waals surface area contributed by atoms with Gasteiger partial charge in [0.25, 0.3) is 0 Å². The maximum Gasteiger partial charge on any atom is 0.200 e. The van der Waals surface area contributed by atoms with Crippen molar-refractivity contribution in [2.24, 2.45) is 7.05 Å². The summed E-state index contributed by atoms with van der Waals surface area (Å²) in [7, 11) is 5.08. The summed E-state index contributed by atoms with van der Waals surface area (Å²) in [5.74, 6) is 2.68. The molecule has 0 atom stereocenters. The summed E-state index contributed by atoms with van der Waals surface area (Å²) < 4.78 is 17.9. The van der Waals surface area contributed by atoms with Crippen molar-refractivity contribution >= 4 is 0 Å². The molecule has 2 rings (SSSR count). The number of hydrogen-bond donors (Lipinski definition) is 0. The zero-order chi connectivity index (χ0) is 12.3. The van der Waals surface area contributed by atoms with Gasteiger partial charge in [0.2, 0.25) is 5.88 Å². The molecule has 0 aliphatic heterocycles. The second-order valence-corrected chi connectivity index (χ2v) is 3.48. The van der Waals surface area contributed by atoms with Crippen LogP contribution < -0.4 is 14.2 Å². The minimum atomic E-state index is 0.613. The van der Waals surface area contributed by atoms with Crippen molar-refractivity contribution in [1.82, 2.24) is 4.57 Å². The topological polar surface area (TPSA) is 32.6 Å². The summed E-state index contributed by atoms with van der Waals surface area (Å²) >= 11 is 0. The Balaban J connectivity index is 2.33. The molecule has 0 bridgehead atoms. The van der Waals surface area contributed by atoms with Crippen LogP contribution in [-0.2, 0) is 7.05 Å². The van der Waals surface area contributed by atoms with Gasteiger partial charge in [-0.25, -0.2) is 0 Å². The van der Waals surface area contributed by atoms with Crippen LogP contribution in [0.5, 0.6) is 23.1 Å². The Morgan fingerprint density at radius 3 is 2.47 bits per heavy atom. The van der Waals surface area contributed by atoms with Crippen molar-refractivity contribution in [3.63, 3.8) is 0 Å². The first-order valence-corrected chi connectivity index (χ1v) is 5.18. The molecule has 0 spiro atoms. The summed E-state index contributed by atoms with van der Waals surface area (Å²) in [4.78, 5) is 0. The fourth-order valence-corrected chi connectivity index (χ4v) is 1.47. The number of benzene rings is 1. The molecule has 1 radical (unpaired) electrons. The summed E-state index contributed by atoms with van der Waals surface area (Å²) in [5.41, 5.74) is 0. The van der Waals surface area contributed by atoms with Crippen molar-refractivity contribution in [2.75, 3.05) is 14.2 Å². The molecule has 1 heterocycles. The molecule has 4 heteroatoms. The highest BCUT2D eigenvalue weighted by Gasteiger charge is 2.09. The molecule has 89 valence electrons. The SMILES string of the molecule is COc1ccc(OC)c(Oc2cc[c]n2C)c1. The van der Waals surface area contributed by atoms with Crippen LogP contribution in [0.1, 0.15) is 0 Å². The molecule has 0 aliphatic rings. The third-order valence-electron chi connectivity index (χ3n) is 2.41. The number of hydrogen-bond acceptors (Lipinski definition) is 3. The molecule has 0 aliphatic carbocycles. The van der Waals surface area contributed by atoms with E-state index in [9.17, 15) is 0 Å². The number of methoxy groups -OCH3 is 2. The molecule has 0 saturated carbocycles. The summed E-state index contributed by atoms with van der Waals surface area (Å²) in [6, 6.07) is 9.04. The van der Waals surface area contributed by atoms with Gasteiger partial charge in [-0.2, -0.15) is 0 Å². The van der Waals surface area contributed by atoms with Crippen LogP contribution in [0.2, 0.25) is 0 Å². The molecule has 0 N–H and O–H groups in total. The van der Waals surface area contributed by atoms with Gasteiger partial charge in [0, 0.05) is 19.2 Å². The number of aryl methyl sites for hydroxylation is 1.